The molecule has 0 rings (SSSR count). The Hall–Kier alpha value is -2.32. The van der Waals surface area contributed by atoms with Crippen molar-refractivity contribution in [2.24, 2.45) is 0 Å². The van der Waals surface area contributed by atoms with Crippen LogP contribution in [0.2, 0.25) is 0 Å². The molecule has 0 fully saturated rings. The normalized spacial score (nSPS) is 10.6. The van der Waals surface area contributed by atoms with Gasteiger partial charge in [-0.1, -0.05) is 0 Å². The van der Waals surface area contributed by atoms with Crippen LogP contribution in [0.4, 0.5) is 4.79 Å². The Balaban J connectivity index is 4.28. The van der Waals surface area contributed by atoms with Gasteiger partial charge in [0.25, 0.3) is 0 Å². The first-order chi connectivity index (χ1) is 9.51. The van der Waals surface area contributed by atoms with E-state index in [4.69, 9.17) is 14.9 Å². The van der Waals surface area contributed by atoms with Crippen LogP contribution in [-0.2, 0) is 19.1 Å². The first-order valence-electron chi connectivity index (χ1n) is 6.19. The topological polar surface area (TPSA) is 133 Å². The van der Waals surface area contributed by atoms with Crippen molar-refractivity contribution in [3.63, 3.8) is 0 Å². The number of amides is 2. The molecule has 3 N–H and O–H groups in total. The van der Waals surface area contributed by atoms with Gasteiger partial charge in [0.15, 0.2) is 0 Å². The van der Waals surface area contributed by atoms with Gasteiger partial charge in [0.1, 0.15) is 18.7 Å². The van der Waals surface area contributed by atoms with E-state index < -0.39 is 42.6 Å². The van der Waals surface area contributed by atoms with Gasteiger partial charge in [0.2, 0.25) is 5.91 Å². The van der Waals surface area contributed by atoms with Crippen molar-refractivity contribution in [2.75, 3.05) is 19.6 Å². The van der Waals surface area contributed by atoms with Gasteiger partial charge >= 0.3 is 18.0 Å². The Labute approximate surface area is 121 Å². The van der Waals surface area contributed by atoms with Crippen LogP contribution in [0, 0.1) is 0 Å². The first kappa shape index (κ1) is 18.7. The summed E-state index contributed by atoms with van der Waals surface area (Å²) in [6.07, 6.45) is -0.932. The first-order valence-corrected chi connectivity index (χ1v) is 6.19. The number of nitrogens with one attached hydrogen (secondary N) is 1. The average molecular weight is 304 g/mol. The highest BCUT2D eigenvalue weighted by Gasteiger charge is 2.20. The zero-order chi connectivity index (χ0) is 16.6. The van der Waals surface area contributed by atoms with Crippen molar-refractivity contribution in [1.82, 2.24) is 10.2 Å². The fourth-order valence-corrected chi connectivity index (χ4v) is 1.30. The summed E-state index contributed by atoms with van der Waals surface area (Å²) in [6, 6.07) is 0. The van der Waals surface area contributed by atoms with E-state index in [0.717, 1.165) is 0 Å². The van der Waals surface area contributed by atoms with Crippen LogP contribution in [0.1, 0.15) is 27.2 Å². The van der Waals surface area contributed by atoms with Gasteiger partial charge in [0, 0.05) is 13.0 Å². The lowest BCUT2D eigenvalue weighted by Crippen LogP contribution is -2.41. The maximum atomic E-state index is 11.7. The van der Waals surface area contributed by atoms with Crippen LogP contribution in [0.15, 0.2) is 0 Å². The number of aliphatic carboxylic acids is 2. The minimum absolute atomic E-state index is 0.0799. The lowest BCUT2D eigenvalue weighted by molar-refractivity contribution is -0.149. The second kappa shape index (κ2) is 8.08. The number of carbonyl (C=O) groups excluding carboxylic acids is 2. The molecular weight excluding hydrogens is 284 g/mol. The van der Waals surface area contributed by atoms with E-state index >= 15 is 0 Å². The van der Waals surface area contributed by atoms with E-state index in [0.29, 0.717) is 4.90 Å². The Kier molecular flexibility index (Phi) is 7.18. The van der Waals surface area contributed by atoms with Crippen LogP contribution in [0.3, 0.4) is 0 Å². The molecule has 0 aromatic rings. The van der Waals surface area contributed by atoms with Crippen molar-refractivity contribution in [3.05, 3.63) is 0 Å². The molecule has 9 nitrogen and oxygen atoms in total. The van der Waals surface area contributed by atoms with Crippen molar-refractivity contribution in [2.45, 2.75) is 32.8 Å². The molecule has 0 spiro atoms. The second-order valence-corrected chi connectivity index (χ2v) is 5.22. The summed E-state index contributed by atoms with van der Waals surface area (Å²) in [7, 11) is 0. The molecule has 0 bridgehead atoms. The van der Waals surface area contributed by atoms with Crippen molar-refractivity contribution in [1.29, 1.82) is 0 Å². The monoisotopic (exact) mass is 304 g/mol. The molecule has 0 saturated heterocycles. The fourth-order valence-electron chi connectivity index (χ4n) is 1.30. The minimum Gasteiger partial charge on any atom is -0.480 e. The molecule has 0 unspecified atom stereocenters. The zero-order valence-electron chi connectivity index (χ0n) is 12.2. The van der Waals surface area contributed by atoms with Gasteiger partial charge in [0.05, 0.1) is 0 Å². The SMILES string of the molecule is CC(C)(C)OC(=O)NCCC(=O)N(CC(=O)O)CC(=O)O. The van der Waals surface area contributed by atoms with Gasteiger partial charge in [-0.2, -0.15) is 0 Å². The second-order valence-electron chi connectivity index (χ2n) is 5.22. The van der Waals surface area contributed by atoms with E-state index in [1.165, 1.54) is 0 Å². The smallest absolute Gasteiger partial charge is 0.407 e. The van der Waals surface area contributed by atoms with Crippen LogP contribution >= 0.6 is 0 Å². The van der Waals surface area contributed by atoms with Gasteiger partial charge in [-0.3, -0.25) is 14.4 Å². The highest BCUT2D eigenvalue weighted by Crippen LogP contribution is 2.06. The summed E-state index contributed by atoms with van der Waals surface area (Å²) in [5, 5.41) is 19.5. The van der Waals surface area contributed by atoms with Gasteiger partial charge in [-0.05, 0) is 20.8 Å². The van der Waals surface area contributed by atoms with Crippen LogP contribution < -0.4 is 5.32 Å². The third kappa shape index (κ3) is 10.2. The number of carboxylic acids is 2. The minimum atomic E-state index is -1.32. The molecule has 0 aliphatic carbocycles. The molecule has 0 heterocycles. The molecule has 0 radical (unpaired) electrons. The highest BCUT2D eigenvalue weighted by molar-refractivity contribution is 5.85. The number of carboxylic acid groups (broad SMARTS) is 2. The zero-order valence-corrected chi connectivity index (χ0v) is 12.2. The molecule has 0 aliphatic rings. The van der Waals surface area contributed by atoms with Crippen molar-refractivity contribution < 1.29 is 34.1 Å². The predicted octanol–water partition coefficient (Wildman–Crippen LogP) is -0.101. The summed E-state index contributed by atoms with van der Waals surface area (Å²) in [4.78, 5) is 44.8. The molecule has 0 aliphatic heterocycles. The third-order valence-corrected chi connectivity index (χ3v) is 2.01. The van der Waals surface area contributed by atoms with Gasteiger partial charge in [-0.25, -0.2) is 4.79 Å². The predicted molar refractivity (Wildman–Crippen MR) is 70.7 cm³/mol. The van der Waals surface area contributed by atoms with Gasteiger partial charge < -0.3 is 25.2 Å². The number of ether oxygens (including phenoxy) is 1. The van der Waals surface area contributed by atoms with E-state index in [9.17, 15) is 19.2 Å². The Morgan fingerprint density at radius 3 is 1.90 bits per heavy atom. The quantitative estimate of drug-likeness (QED) is 0.598. The molecule has 0 aromatic heterocycles. The Morgan fingerprint density at radius 2 is 1.52 bits per heavy atom. The molecule has 21 heavy (non-hydrogen) atoms. The fraction of sp³-hybridized carbons (Fsp3) is 0.667. The standard InChI is InChI=1S/C12H20N2O7/c1-12(2,3)21-11(20)13-5-4-8(15)14(6-9(16)17)7-10(18)19/h4-7H2,1-3H3,(H,13,20)(H,16,17)(H,18,19). The number of rotatable bonds is 7. The third-order valence-electron chi connectivity index (χ3n) is 2.01. The van der Waals surface area contributed by atoms with E-state index in [-0.39, 0.29) is 13.0 Å². The van der Waals surface area contributed by atoms with Crippen LogP contribution in [0.5, 0.6) is 0 Å². The lowest BCUT2D eigenvalue weighted by Gasteiger charge is -2.20. The number of carbonyl (C=O) groups is 4. The van der Waals surface area contributed by atoms with Crippen molar-refractivity contribution >= 4 is 23.9 Å². The highest BCUT2D eigenvalue weighted by atomic mass is 16.6. The summed E-state index contributed by atoms with van der Waals surface area (Å²) < 4.78 is 4.95. The number of hydrogen-bond acceptors (Lipinski definition) is 5. The van der Waals surface area contributed by atoms with Crippen LogP contribution in [-0.4, -0.2) is 64.3 Å². The Morgan fingerprint density at radius 1 is 1.05 bits per heavy atom. The lowest BCUT2D eigenvalue weighted by atomic mass is 10.2. The number of nitrogens with zero attached hydrogens (tertiary/aromatic N) is 1. The molecule has 9 heteroatoms. The molecule has 0 atom stereocenters. The maximum Gasteiger partial charge on any atom is 0.407 e. The summed E-state index contributed by atoms with van der Waals surface area (Å²) in [5.41, 5.74) is -0.674. The van der Waals surface area contributed by atoms with E-state index in [1.54, 1.807) is 20.8 Å². The van der Waals surface area contributed by atoms with E-state index in [2.05, 4.69) is 5.32 Å². The number of hydrogen-bond donors (Lipinski definition) is 3. The molecule has 0 aromatic carbocycles. The molecule has 2 amide bonds. The number of alkyl carbamates (subject to hydrolysis) is 1. The summed E-state index contributed by atoms with van der Waals surface area (Å²) in [5.74, 6) is -3.31. The Bertz CT molecular complexity index is 398. The summed E-state index contributed by atoms with van der Waals surface area (Å²) >= 11 is 0. The maximum absolute atomic E-state index is 11.7. The van der Waals surface area contributed by atoms with Crippen molar-refractivity contribution in [3.8, 4) is 0 Å². The molecule has 0 saturated carbocycles. The van der Waals surface area contributed by atoms with Crippen LogP contribution in [0.25, 0.3) is 0 Å². The molecular formula is C12H20N2O7. The average Bonchev–Trinajstić information content (AvgIpc) is 2.23. The van der Waals surface area contributed by atoms with E-state index in [1.807, 2.05) is 0 Å². The summed E-state index contributed by atoms with van der Waals surface area (Å²) in [6.45, 7) is 3.54. The largest absolute Gasteiger partial charge is 0.480 e. The molecule has 120 valence electrons. The van der Waals surface area contributed by atoms with Gasteiger partial charge in [-0.15, -0.1) is 0 Å².